The Bertz CT molecular complexity index is 170. The van der Waals surface area contributed by atoms with Crippen molar-refractivity contribution in [1.29, 1.82) is 0 Å². The molecule has 1 aliphatic rings. The van der Waals surface area contributed by atoms with Gasteiger partial charge in [-0.3, -0.25) is 4.79 Å². The summed E-state index contributed by atoms with van der Waals surface area (Å²) >= 11 is 5.63. The lowest BCUT2D eigenvalue weighted by molar-refractivity contribution is -0.121. The van der Waals surface area contributed by atoms with Gasteiger partial charge in [-0.2, -0.15) is 0 Å². The van der Waals surface area contributed by atoms with Crippen molar-refractivity contribution < 1.29 is 4.79 Å². The molecule has 0 bridgehead atoms. The Hall–Kier alpha value is -0.240. The van der Waals surface area contributed by atoms with Crippen LogP contribution in [0.25, 0.3) is 0 Å². The Morgan fingerprint density at radius 2 is 2.25 bits per heavy atom. The highest BCUT2D eigenvalue weighted by atomic mass is 35.5. The molecule has 12 heavy (non-hydrogen) atoms. The van der Waals surface area contributed by atoms with Crippen LogP contribution < -0.4 is 5.32 Å². The SMILES string of the molecule is CC1CCC(NC(=O)C(C)Cl)C1. The zero-order chi connectivity index (χ0) is 9.14. The smallest absolute Gasteiger partial charge is 0.237 e. The average molecular weight is 190 g/mol. The number of rotatable bonds is 2. The van der Waals surface area contributed by atoms with E-state index in [2.05, 4.69) is 12.2 Å². The summed E-state index contributed by atoms with van der Waals surface area (Å²) in [5, 5.41) is 2.54. The fourth-order valence-corrected chi connectivity index (χ4v) is 1.72. The first-order valence-corrected chi connectivity index (χ1v) is 4.97. The monoisotopic (exact) mass is 189 g/mol. The maximum atomic E-state index is 11.2. The summed E-state index contributed by atoms with van der Waals surface area (Å²) in [7, 11) is 0. The quantitative estimate of drug-likeness (QED) is 0.661. The van der Waals surface area contributed by atoms with Crippen LogP contribution in [0.15, 0.2) is 0 Å². The largest absolute Gasteiger partial charge is 0.352 e. The van der Waals surface area contributed by atoms with E-state index in [1.807, 2.05) is 0 Å². The van der Waals surface area contributed by atoms with Crippen molar-refractivity contribution in [2.75, 3.05) is 0 Å². The minimum absolute atomic E-state index is 0.0317. The number of halogens is 1. The molecule has 3 atom stereocenters. The van der Waals surface area contributed by atoms with E-state index in [4.69, 9.17) is 11.6 Å². The third-order valence-corrected chi connectivity index (χ3v) is 2.60. The molecule has 0 aromatic heterocycles. The van der Waals surface area contributed by atoms with Crippen LogP contribution in [-0.2, 0) is 4.79 Å². The number of hydrogen-bond donors (Lipinski definition) is 1. The van der Waals surface area contributed by atoms with Crippen molar-refractivity contribution in [2.45, 2.75) is 44.5 Å². The van der Waals surface area contributed by atoms with Crippen molar-refractivity contribution >= 4 is 17.5 Å². The number of nitrogens with one attached hydrogen (secondary N) is 1. The van der Waals surface area contributed by atoms with Crippen LogP contribution in [0.2, 0.25) is 0 Å². The Morgan fingerprint density at radius 1 is 1.58 bits per heavy atom. The van der Waals surface area contributed by atoms with E-state index in [0.29, 0.717) is 6.04 Å². The summed E-state index contributed by atoms with van der Waals surface area (Å²) < 4.78 is 0. The summed E-state index contributed by atoms with van der Waals surface area (Å²) in [6.45, 7) is 3.92. The standard InChI is InChI=1S/C9H16ClNO/c1-6-3-4-8(5-6)11-9(12)7(2)10/h6-8H,3-5H2,1-2H3,(H,11,12). The molecule has 0 aromatic rings. The van der Waals surface area contributed by atoms with Crippen LogP contribution in [0.4, 0.5) is 0 Å². The van der Waals surface area contributed by atoms with Crippen LogP contribution in [-0.4, -0.2) is 17.3 Å². The van der Waals surface area contributed by atoms with E-state index in [1.54, 1.807) is 6.92 Å². The molecule has 3 heteroatoms. The molecule has 2 nitrogen and oxygen atoms in total. The van der Waals surface area contributed by atoms with Crippen LogP contribution in [0.3, 0.4) is 0 Å². The molecule has 1 amide bonds. The zero-order valence-electron chi connectivity index (χ0n) is 7.64. The first-order valence-electron chi connectivity index (χ1n) is 4.54. The number of carbonyl (C=O) groups is 1. The van der Waals surface area contributed by atoms with Gasteiger partial charge in [-0.1, -0.05) is 6.92 Å². The molecule has 0 aliphatic heterocycles. The summed E-state index contributed by atoms with van der Waals surface area (Å²) in [5.41, 5.74) is 0. The molecule has 0 radical (unpaired) electrons. The average Bonchev–Trinajstić information content (AvgIpc) is 2.35. The van der Waals surface area contributed by atoms with Gasteiger partial charge in [0.15, 0.2) is 0 Å². The van der Waals surface area contributed by atoms with E-state index >= 15 is 0 Å². The number of hydrogen-bond acceptors (Lipinski definition) is 1. The van der Waals surface area contributed by atoms with Crippen molar-refractivity contribution in [3.05, 3.63) is 0 Å². The number of amides is 1. The molecular weight excluding hydrogens is 174 g/mol. The normalized spacial score (nSPS) is 31.6. The molecule has 1 aliphatic carbocycles. The highest BCUT2D eigenvalue weighted by Gasteiger charge is 2.23. The third kappa shape index (κ3) is 2.67. The van der Waals surface area contributed by atoms with E-state index in [1.165, 1.54) is 6.42 Å². The highest BCUT2D eigenvalue weighted by molar-refractivity contribution is 6.30. The minimum atomic E-state index is -0.402. The van der Waals surface area contributed by atoms with Crippen LogP contribution in [0.1, 0.15) is 33.1 Å². The fourth-order valence-electron chi connectivity index (χ4n) is 1.65. The molecule has 0 saturated heterocycles. The van der Waals surface area contributed by atoms with Crippen LogP contribution in [0.5, 0.6) is 0 Å². The summed E-state index contributed by atoms with van der Waals surface area (Å²) in [5.74, 6) is 0.719. The van der Waals surface area contributed by atoms with Gasteiger partial charge in [-0.05, 0) is 32.1 Å². The summed E-state index contributed by atoms with van der Waals surface area (Å²) in [6, 6.07) is 0.369. The maximum Gasteiger partial charge on any atom is 0.237 e. The van der Waals surface area contributed by atoms with Gasteiger partial charge in [-0.25, -0.2) is 0 Å². The van der Waals surface area contributed by atoms with E-state index in [-0.39, 0.29) is 5.91 Å². The van der Waals surface area contributed by atoms with Gasteiger partial charge in [0.1, 0.15) is 5.38 Å². The van der Waals surface area contributed by atoms with Crippen molar-refractivity contribution in [3.63, 3.8) is 0 Å². The van der Waals surface area contributed by atoms with E-state index in [9.17, 15) is 4.79 Å². The molecule has 3 unspecified atom stereocenters. The Kier molecular flexibility index (Phi) is 3.39. The lowest BCUT2D eigenvalue weighted by atomic mass is 10.1. The molecule has 1 N–H and O–H groups in total. The van der Waals surface area contributed by atoms with Gasteiger partial charge in [0.25, 0.3) is 0 Å². The van der Waals surface area contributed by atoms with Gasteiger partial charge >= 0.3 is 0 Å². The van der Waals surface area contributed by atoms with Crippen molar-refractivity contribution in [3.8, 4) is 0 Å². The van der Waals surface area contributed by atoms with E-state index < -0.39 is 5.38 Å². The van der Waals surface area contributed by atoms with Crippen molar-refractivity contribution in [1.82, 2.24) is 5.32 Å². The molecule has 1 fully saturated rings. The molecule has 1 rings (SSSR count). The van der Waals surface area contributed by atoms with Gasteiger partial charge in [0.05, 0.1) is 0 Å². The lowest BCUT2D eigenvalue weighted by Crippen LogP contribution is -2.37. The van der Waals surface area contributed by atoms with Gasteiger partial charge in [0.2, 0.25) is 5.91 Å². The fraction of sp³-hybridized carbons (Fsp3) is 0.889. The number of carbonyl (C=O) groups excluding carboxylic acids is 1. The molecule has 70 valence electrons. The Balaban J connectivity index is 2.28. The highest BCUT2D eigenvalue weighted by Crippen LogP contribution is 2.24. The number of alkyl halides is 1. The minimum Gasteiger partial charge on any atom is -0.352 e. The molecule has 0 aromatic carbocycles. The zero-order valence-corrected chi connectivity index (χ0v) is 8.40. The molecule has 0 heterocycles. The van der Waals surface area contributed by atoms with Gasteiger partial charge < -0.3 is 5.32 Å². The van der Waals surface area contributed by atoms with Crippen LogP contribution in [0, 0.1) is 5.92 Å². The summed E-state index contributed by atoms with van der Waals surface area (Å²) in [6.07, 6.45) is 3.44. The Labute approximate surface area is 78.7 Å². The summed E-state index contributed by atoms with van der Waals surface area (Å²) in [4.78, 5) is 11.2. The predicted molar refractivity (Wildman–Crippen MR) is 50.3 cm³/mol. The lowest BCUT2D eigenvalue weighted by Gasteiger charge is -2.13. The molecule has 1 saturated carbocycles. The second kappa shape index (κ2) is 4.13. The second-order valence-electron chi connectivity index (χ2n) is 3.74. The third-order valence-electron chi connectivity index (χ3n) is 2.40. The Morgan fingerprint density at radius 3 is 2.67 bits per heavy atom. The van der Waals surface area contributed by atoms with Gasteiger partial charge in [0, 0.05) is 6.04 Å². The first kappa shape index (κ1) is 9.85. The van der Waals surface area contributed by atoms with E-state index in [0.717, 1.165) is 18.8 Å². The molecular formula is C9H16ClNO. The maximum absolute atomic E-state index is 11.2. The topological polar surface area (TPSA) is 29.1 Å². The van der Waals surface area contributed by atoms with Gasteiger partial charge in [-0.15, -0.1) is 11.6 Å². The first-order chi connectivity index (χ1) is 5.59. The van der Waals surface area contributed by atoms with Crippen LogP contribution >= 0.6 is 11.6 Å². The van der Waals surface area contributed by atoms with Crippen molar-refractivity contribution in [2.24, 2.45) is 5.92 Å². The molecule has 0 spiro atoms. The second-order valence-corrected chi connectivity index (χ2v) is 4.39. The predicted octanol–water partition coefficient (Wildman–Crippen LogP) is 1.92.